The fourth-order valence-electron chi connectivity index (χ4n) is 1.85. The monoisotopic (exact) mass is 269 g/mol. The van der Waals surface area contributed by atoms with Crippen LogP contribution in [0.3, 0.4) is 0 Å². The van der Waals surface area contributed by atoms with Crippen molar-refractivity contribution in [3.8, 4) is 0 Å². The van der Waals surface area contributed by atoms with Crippen molar-refractivity contribution in [3.63, 3.8) is 0 Å². The van der Waals surface area contributed by atoms with Gasteiger partial charge in [0.15, 0.2) is 0 Å². The summed E-state index contributed by atoms with van der Waals surface area (Å²) < 4.78 is 4.70. The summed E-state index contributed by atoms with van der Waals surface area (Å²) in [4.78, 5) is 24.5. The zero-order chi connectivity index (χ0) is 13.1. The molecule has 1 aromatic carbocycles. The number of imide groups is 1. The number of rotatable bonds is 3. The molecule has 1 aliphatic rings. The largest absolute Gasteiger partial charge is 0.447 e. The molecule has 0 bridgehead atoms. The average molecular weight is 270 g/mol. The highest BCUT2D eigenvalue weighted by Crippen LogP contribution is 2.26. The minimum atomic E-state index is -0.843. The van der Waals surface area contributed by atoms with Crippen LogP contribution >= 0.6 is 11.6 Å². The Morgan fingerprint density at radius 1 is 1.50 bits per heavy atom. The molecule has 2 rings (SSSR count). The van der Waals surface area contributed by atoms with Crippen molar-refractivity contribution in [2.75, 3.05) is 19.8 Å². The molecule has 0 aliphatic carbocycles. The zero-order valence-electron chi connectivity index (χ0n) is 9.51. The SMILES string of the molecule is O=C1OCCN1C(=O)C(CO)c1ccccc1Cl. The predicted octanol–water partition coefficient (Wildman–Crippen LogP) is 1.39. The van der Waals surface area contributed by atoms with E-state index < -0.39 is 24.5 Å². The summed E-state index contributed by atoms with van der Waals surface area (Å²) in [5.74, 6) is -1.34. The number of aliphatic hydroxyl groups excluding tert-OH is 1. The van der Waals surface area contributed by atoms with E-state index in [1.807, 2.05) is 0 Å². The molecule has 1 N–H and O–H groups in total. The van der Waals surface area contributed by atoms with Gasteiger partial charge in [0.2, 0.25) is 5.91 Å². The number of nitrogens with zero attached hydrogens (tertiary/aromatic N) is 1. The second-order valence-electron chi connectivity index (χ2n) is 3.86. The average Bonchev–Trinajstić information content (AvgIpc) is 2.78. The maximum absolute atomic E-state index is 12.1. The fraction of sp³-hybridized carbons (Fsp3) is 0.333. The summed E-state index contributed by atoms with van der Waals surface area (Å²) in [5.41, 5.74) is 0.506. The van der Waals surface area contributed by atoms with Crippen molar-refractivity contribution >= 4 is 23.6 Å². The molecule has 1 saturated heterocycles. The molecule has 0 spiro atoms. The van der Waals surface area contributed by atoms with E-state index in [0.717, 1.165) is 4.90 Å². The molecular formula is C12H12ClNO4. The second kappa shape index (κ2) is 5.37. The first-order valence-electron chi connectivity index (χ1n) is 5.48. The van der Waals surface area contributed by atoms with Crippen LogP contribution in [-0.4, -0.2) is 41.8 Å². The van der Waals surface area contributed by atoms with Gasteiger partial charge in [-0.15, -0.1) is 0 Å². The molecule has 1 aliphatic heterocycles. The van der Waals surface area contributed by atoms with E-state index in [2.05, 4.69) is 0 Å². The van der Waals surface area contributed by atoms with Crippen LogP contribution in [-0.2, 0) is 9.53 Å². The number of amides is 2. The van der Waals surface area contributed by atoms with Crippen LogP contribution in [0.2, 0.25) is 5.02 Å². The van der Waals surface area contributed by atoms with Gasteiger partial charge in [-0.05, 0) is 11.6 Å². The van der Waals surface area contributed by atoms with Crippen molar-refractivity contribution in [1.82, 2.24) is 4.90 Å². The van der Waals surface area contributed by atoms with E-state index in [9.17, 15) is 14.7 Å². The Balaban J connectivity index is 2.26. The van der Waals surface area contributed by atoms with Gasteiger partial charge in [0.05, 0.1) is 19.1 Å². The van der Waals surface area contributed by atoms with Crippen LogP contribution < -0.4 is 0 Å². The smallest absolute Gasteiger partial charge is 0.416 e. The van der Waals surface area contributed by atoms with Crippen molar-refractivity contribution < 1.29 is 19.4 Å². The van der Waals surface area contributed by atoms with Gasteiger partial charge in [0, 0.05) is 5.02 Å². The molecule has 1 atom stereocenters. The second-order valence-corrected chi connectivity index (χ2v) is 4.27. The maximum atomic E-state index is 12.1. The highest BCUT2D eigenvalue weighted by Gasteiger charge is 2.34. The molecule has 0 saturated carbocycles. The topological polar surface area (TPSA) is 66.8 Å². The van der Waals surface area contributed by atoms with Crippen molar-refractivity contribution in [2.24, 2.45) is 0 Å². The summed E-state index contributed by atoms with van der Waals surface area (Å²) in [6.07, 6.45) is -0.675. The lowest BCUT2D eigenvalue weighted by Gasteiger charge is -2.19. The third-order valence-electron chi connectivity index (χ3n) is 2.79. The first kappa shape index (κ1) is 12.9. The van der Waals surface area contributed by atoms with Crippen LogP contribution in [0.1, 0.15) is 11.5 Å². The van der Waals surface area contributed by atoms with Crippen LogP contribution in [0.25, 0.3) is 0 Å². The molecule has 1 fully saturated rings. The molecule has 6 heteroatoms. The molecule has 0 aromatic heterocycles. The number of hydrogen-bond donors (Lipinski definition) is 1. The number of benzene rings is 1. The number of ether oxygens (including phenoxy) is 1. The standard InChI is InChI=1S/C12H12ClNO4/c13-10-4-2-1-3-8(10)9(7-15)11(16)14-5-6-18-12(14)17/h1-4,9,15H,5-7H2. The van der Waals surface area contributed by atoms with Crippen LogP contribution in [0.5, 0.6) is 0 Å². The third-order valence-corrected chi connectivity index (χ3v) is 3.13. The molecule has 5 nitrogen and oxygen atoms in total. The zero-order valence-corrected chi connectivity index (χ0v) is 10.3. The van der Waals surface area contributed by atoms with E-state index in [1.54, 1.807) is 24.3 Å². The molecule has 1 heterocycles. The number of cyclic esters (lactones) is 1. The molecule has 2 amide bonds. The highest BCUT2D eigenvalue weighted by atomic mass is 35.5. The maximum Gasteiger partial charge on any atom is 0.416 e. The van der Waals surface area contributed by atoms with E-state index >= 15 is 0 Å². The first-order valence-corrected chi connectivity index (χ1v) is 5.86. The van der Waals surface area contributed by atoms with E-state index in [1.165, 1.54) is 0 Å². The lowest BCUT2D eigenvalue weighted by molar-refractivity contribution is -0.130. The number of carbonyl (C=O) groups excluding carboxylic acids is 2. The van der Waals surface area contributed by atoms with Crippen molar-refractivity contribution in [2.45, 2.75) is 5.92 Å². The highest BCUT2D eigenvalue weighted by molar-refractivity contribution is 6.31. The van der Waals surface area contributed by atoms with Crippen LogP contribution in [0, 0.1) is 0 Å². The fourth-order valence-corrected chi connectivity index (χ4v) is 2.12. The Hall–Kier alpha value is -1.59. The molecule has 1 unspecified atom stereocenters. The van der Waals surface area contributed by atoms with Gasteiger partial charge in [-0.25, -0.2) is 9.69 Å². The first-order chi connectivity index (χ1) is 8.65. The predicted molar refractivity (Wildman–Crippen MR) is 64.3 cm³/mol. The molecular weight excluding hydrogens is 258 g/mol. The van der Waals surface area contributed by atoms with Crippen LogP contribution in [0.15, 0.2) is 24.3 Å². The lowest BCUT2D eigenvalue weighted by Crippen LogP contribution is -2.37. The Kier molecular flexibility index (Phi) is 3.84. The van der Waals surface area contributed by atoms with Crippen LogP contribution in [0.4, 0.5) is 4.79 Å². The van der Waals surface area contributed by atoms with Gasteiger partial charge in [-0.2, -0.15) is 0 Å². The summed E-state index contributed by atoms with van der Waals surface area (Å²) in [6, 6.07) is 6.74. The minimum Gasteiger partial charge on any atom is -0.447 e. The van der Waals surface area contributed by atoms with Gasteiger partial charge in [0.1, 0.15) is 6.61 Å². The van der Waals surface area contributed by atoms with E-state index in [4.69, 9.17) is 16.3 Å². The van der Waals surface area contributed by atoms with Gasteiger partial charge in [-0.3, -0.25) is 4.79 Å². The molecule has 18 heavy (non-hydrogen) atoms. The normalized spacial score (nSPS) is 16.6. The molecule has 1 aromatic rings. The van der Waals surface area contributed by atoms with E-state index in [0.29, 0.717) is 10.6 Å². The number of aliphatic hydroxyl groups is 1. The van der Waals surface area contributed by atoms with Gasteiger partial charge >= 0.3 is 6.09 Å². The Morgan fingerprint density at radius 2 is 2.22 bits per heavy atom. The summed E-state index contributed by atoms with van der Waals surface area (Å²) in [5, 5.41) is 9.75. The van der Waals surface area contributed by atoms with Crippen molar-refractivity contribution in [3.05, 3.63) is 34.9 Å². The van der Waals surface area contributed by atoms with Gasteiger partial charge < -0.3 is 9.84 Å². The summed E-state index contributed by atoms with van der Waals surface area (Å²) in [6.45, 7) is -0.0176. The van der Waals surface area contributed by atoms with E-state index in [-0.39, 0.29) is 13.2 Å². The molecule has 96 valence electrons. The molecule has 0 radical (unpaired) electrons. The third kappa shape index (κ3) is 2.32. The lowest BCUT2D eigenvalue weighted by atomic mass is 9.98. The van der Waals surface area contributed by atoms with Crippen molar-refractivity contribution in [1.29, 1.82) is 0 Å². The van der Waals surface area contributed by atoms with Gasteiger partial charge in [0.25, 0.3) is 0 Å². The number of halogens is 1. The minimum absolute atomic E-state index is 0.186. The number of hydrogen-bond acceptors (Lipinski definition) is 4. The summed E-state index contributed by atoms with van der Waals surface area (Å²) in [7, 11) is 0. The Bertz CT molecular complexity index is 477. The van der Waals surface area contributed by atoms with Gasteiger partial charge in [-0.1, -0.05) is 29.8 Å². The Labute approximate surface area is 109 Å². The summed E-state index contributed by atoms with van der Waals surface area (Å²) >= 11 is 5.99. The quantitative estimate of drug-likeness (QED) is 0.901. The number of carbonyl (C=O) groups is 2. The Morgan fingerprint density at radius 3 is 2.78 bits per heavy atom.